The molecule has 1 aromatic carbocycles. The van der Waals surface area contributed by atoms with Crippen LogP contribution in [0, 0.1) is 0 Å². The van der Waals surface area contributed by atoms with Crippen LogP contribution in [0.3, 0.4) is 0 Å². The van der Waals surface area contributed by atoms with Crippen molar-refractivity contribution in [2.75, 3.05) is 39.3 Å². The van der Waals surface area contributed by atoms with Gasteiger partial charge in [0.05, 0.1) is 6.61 Å². The first-order valence-electron chi connectivity index (χ1n) is 7.44. The van der Waals surface area contributed by atoms with Crippen LogP contribution < -0.4 is 0 Å². The predicted octanol–water partition coefficient (Wildman–Crippen LogP) is 1.15. The fourth-order valence-corrected chi connectivity index (χ4v) is 2.61. The predicted molar refractivity (Wildman–Crippen MR) is 79.5 cm³/mol. The molecule has 0 spiro atoms. The Morgan fingerprint density at radius 1 is 1.15 bits per heavy atom. The van der Waals surface area contributed by atoms with Gasteiger partial charge in [-0.25, -0.2) is 0 Å². The molecule has 1 aromatic rings. The molecular weight excluding hydrogens is 252 g/mol. The smallest absolute Gasteiger partial charge is 0.222 e. The molecule has 1 fully saturated rings. The van der Waals surface area contributed by atoms with Gasteiger partial charge in [-0.2, -0.15) is 0 Å². The first-order chi connectivity index (χ1) is 9.79. The van der Waals surface area contributed by atoms with Crippen molar-refractivity contribution >= 4 is 5.91 Å². The Morgan fingerprint density at radius 3 is 2.60 bits per heavy atom. The number of amides is 1. The molecule has 110 valence electrons. The lowest BCUT2D eigenvalue weighted by atomic mass is 10.1. The number of rotatable bonds is 8. The number of carbonyl (C=O) groups is 1. The maximum atomic E-state index is 11.6. The van der Waals surface area contributed by atoms with E-state index in [1.807, 2.05) is 11.0 Å². The monoisotopic (exact) mass is 276 g/mol. The largest absolute Gasteiger partial charge is 0.395 e. The maximum Gasteiger partial charge on any atom is 0.222 e. The Bertz CT molecular complexity index is 408. The van der Waals surface area contributed by atoms with E-state index in [0.717, 1.165) is 39.0 Å². The topological polar surface area (TPSA) is 43.8 Å². The summed E-state index contributed by atoms with van der Waals surface area (Å²) in [5.41, 5.74) is 1.31. The van der Waals surface area contributed by atoms with Gasteiger partial charge in [-0.15, -0.1) is 0 Å². The Balaban J connectivity index is 1.76. The van der Waals surface area contributed by atoms with Crippen LogP contribution in [0.25, 0.3) is 0 Å². The van der Waals surface area contributed by atoms with E-state index in [2.05, 4.69) is 29.2 Å². The average Bonchev–Trinajstić information content (AvgIpc) is 2.88. The van der Waals surface area contributed by atoms with Crippen molar-refractivity contribution in [3.05, 3.63) is 35.9 Å². The summed E-state index contributed by atoms with van der Waals surface area (Å²) in [6, 6.07) is 10.4. The van der Waals surface area contributed by atoms with E-state index in [1.165, 1.54) is 5.56 Å². The molecule has 1 amide bonds. The van der Waals surface area contributed by atoms with Gasteiger partial charge in [-0.05, 0) is 18.4 Å². The molecule has 1 aliphatic rings. The molecule has 1 aliphatic heterocycles. The molecule has 4 nitrogen and oxygen atoms in total. The average molecular weight is 276 g/mol. The molecule has 0 aromatic heterocycles. The highest BCUT2D eigenvalue weighted by Gasteiger charge is 2.20. The van der Waals surface area contributed by atoms with Gasteiger partial charge in [0.15, 0.2) is 0 Å². The highest BCUT2D eigenvalue weighted by molar-refractivity contribution is 5.78. The molecule has 0 atom stereocenters. The van der Waals surface area contributed by atoms with Crippen molar-refractivity contribution < 1.29 is 9.90 Å². The van der Waals surface area contributed by atoms with Gasteiger partial charge in [-0.3, -0.25) is 9.69 Å². The van der Waals surface area contributed by atoms with Crippen LogP contribution in [0.5, 0.6) is 0 Å². The van der Waals surface area contributed by atoms with E-state index in [4.69, 9.17) is 5.11 Å². The zero-order valence-electron chi connectivity index (χ0n) is 12.0. The number of aliphatic hydroxyl groups excluding tert-OH is 1. The second kappa shape index (κ2) is 8.02. The van der Waals surface area contributed by atoms with Gasteiger partial charge < -0.3 is 10.0 Å². The van der Waals surface area contributed by atoms with Crippen molar-refractivity contribution in [2.45, 2.75) is 19.3 Å². The fourth-order valence-electron chi connectivity index (χ4n) is 2.61. The van der Waals surface area contributed by atoms with Gasteiger partial charge in [0.25, 0.3) is 0 Å². The van der Waals surface area contributed by atoms with Crippen LogP contribution in [0.1, 0.15) is 18.4 Å². The number of likely N-dealkylation sites (tertiary alicyclic amines) is 1. The third-order valence-corrected chi connectivity index (χ3v) is 3.83. The number of benzene rings is 1. The van der Waals surface area contributed by atoms with E-state index in [1.54, 1.807) is 0 Å². The summed E-state index contributed by atoms with van der Waals surface area (Å²) in [6.07, 6.45) is 2.67. The third-order valence-electron chi connectivity index (χ3n) is 3.83. The third kappa shape index (κ3) is 4.62. The molecule has 1 heterocycles. The minimum absolute atomic E-state index is 0.169. The number of carbonyl (C=O) groups excluding carboxylic acids is 1. The maximum absolute atomic E-state index is 11.6. The van der Waals surface area contributed by atoms with Crippen LogP contribution in [-0.4, -0.2) is 60.1 Å². The van der Waals surface area contributed by atoms with Gasteiger partial charge in [0.2, 0.25) is 5.91 Å². The normalized spacial score (nSPS) is 15.3. The Labute approximate surface area is 121 Å². The minimum atomic E-state index is 0.169. The minimum Gasteiger partial charge on any atom is -0.395 e. The summed E-state index contributed by atoms with van der Waals surface area (Å²) in [4.78, 5) is 15.8. The zero-order chi connectivity index (χ0) is 14.2. The van der Waals surface area contributed by atoms with Crippen LogP contribution >= 0.6 is 0 Å². The van der Waals surface area contributed by atoms with Crippen LogP contribution in [0.15, 0.2) is 30.3 Å². The van der Waals surface area contributed by atoms with Crippen LogP contribution in [0.2, 0.25) is 0 Å². The van der Waals surface area contributed by atoms with Crippen molar-refractivity contribution in [3.63, 3.8) is 0 Å². The second-order valence-electron chi connectivity index (χ2n) is 5.29. The molecule has 0 aliphatic carbocycles. The van der Waals surface area contributed by atoms with Crippen LogP contribution in [0.4, 0.5) is 0 Å². The van der Waals surface area contributed by atoms with Crippen LogP contribution in [-0.2, 0) is 11.2 Å². The van der Waals surface area contributed by atoms with E-state index in [-0.39, 0.29) is 12.5 Å². The molecule has 0 unspecified atom stereocenters. The molecule has 0 bridgehead atoms. The molecule has 0 radical (unpaired) electrons. The standard InChI is InChI=1S/C16H24N2O2/c19-14-13-17(10-8-15-5-2-1-3-6-15)11-12-18-9-4-7-16(18)20/h1-3,5-6,19H,4,7-14H2. The molecule has 2 rings (SSSR count). The molecule has 1 N–H and O–H groups in total. The fraction of sp³-hybridized carbons (Fsp3) is 0.562. The first kappa shape index (κ1) is 15.0. The van der Waals surface area contributed by atoms with Crippen molar-refractivity contribution in [2.24, 2.45) is 0 Å². The number of hydrogen-bond donors (Lipinski definition) is 1. The molecule has 0 saturated carbocycles. The summed E-state index contributed by atoms with van der Waals surface area (Å²) in [5.74, 6) is 0.275. The number of hydrogen-bond acceptors (Lipinski definition) is 3. The van der Waals surface area contributed by atoms with E-state index in [0.29, 0.717) is 13.0 Å². The summed E-state index contributed by atoms with van der Waals surface area (Å²) in [5, 5.41) is 9.16. The van der Waals surface area contributed by atoms with E-state index >= 15 is 0 Å². The highest BCUT2D eigenvalue weighted by atomic mass is 16.3. The molecule has 20 heavy (non-hydrogen) atoms. The lowest BCUT2D eigenvalue weighted by Gasteiger charge is -2.24. The quantitative estimate of drug-likeness (QED) is 0.774. The number of nitrogens with zero attached hydrogens (tertiary/aromatic N) is 2. The van der Waals surface area contributed by atoms with Gasteiger partial charge in [0, 0.05) is 39.1 Å². The Hall–Kier alpha value is -1.39. The van der Waals surface area contributed by atoms with Gasteiger partial charge in [-0.1, -0.05) is 30.3 Å². The van der Waals surface area contributed by atoms with Gasteiger partial charge in [0.1, 0.15) is 0 Å². The lowest BCUT2D eigenvalue weighted by molar-refractivity contribution is -0.127. The summed E-state index contributed by atoms with van der Waals surface area (Å²) in [6.45, 7) is 4.29. The molecular formula is C16H24N2O2. The Morgan fingerprint density at radius 2 is 1.95 bits per heavy atom. The summed E-state index contributed by atoms with van der Waals surface area (Å²) in [7, 11) is 0. The lowest BCUT2D eigenvalue weighted by Crippen LogP contribution is -2.38. The zero-order valence-corrected chi connectivity index (χ0v) is 12.0. The van der Waals surface area contributed by atoms with E-state index < -0.39 is 0 Å². The Kier molecular flexibility index (Phi) is 6.02. The SMILES string of the molecule is O=C1CCCN1CCN(CCO)CCc1ccccc1. The summed E-state index contributed by atoms with van der Waals surface area (Å²) < 4.78 is 0. The van der Waals surface area contributed by atoms with E-state index in [9.17, 15) is 4.79 Å². The first-order valence-corrected chi connectivity index (χ1v) is 7.44. The van der Waals surface area contributed by atoms with Crippen molar-refractivity contribution in [3.8, 4) is 0 Å². The highest BCUT2D eigenvalue weighted by Crippen LogP contribution is 2.09. The second-order valence-corrected chi connectivity index (χ2v) is 5.29. The van der Waals surface area contributed by atoms with Crippen molar-refractivity contribution in [1.29, 1.82) is 0 Å². The summed E-state index contributed by atoms with van der Waals surface area (Å²) >= 11 is 0. The van der Waals surface area contributed by atoms with Gasteiger partial charge >= 0.3 is 0 Å². The van der Waals surface area contributed by atoms with Crippen molar-refractivity contribution in [1.82, 2.24) is 9.80 Å². The molecule has 1 saturated heterocycles. The molecule has 4 heteroatoms. The number of aliphatic hydroxyl groups is 1.